The molecule has 45 heavy (non-hydrogen) atoms. The minimum atomic E-state index is -3.58. The lowest BCUT2D eigenvalue weighted by Crippen LogP contribution is -2.51. The Hall–Kier alpha value is -4.30. The Kier molecular flexibility index (Phi) is 8.99. The maximum Gasteiger partial charge on any atom is 0.408 e. The van der Waals surface area contributed by atoms with Crippen LogP contribution in [0, 0.1) is 11.3 Å². The van der Waals surface area contributed by atoms with Crippen LogP contribution in [0.3, 0.4) is 0 Å². The molecular weight excluding hydrogens is 592 g/mol. The molecule has 2 aliphatic heterocycles. The first kappa shape index (κ1) is 32.1. The smallest absolute Gasteiger partial charge is 0.408 e. The molecule has 1 saturated heterocycles. The third-order valence-electron chi connectivity index (χ3n) is 8.19. The van der Waals surface area contributed by atoms with Gasteiger partial charge in [0.25, 0.3) is 0 Å². The molecule has 11 heteroatoms. The van der Waals surface area contributed by atoms with Crippen molar-refractivity contribution in [1.29, 1.82) is 5.26 Å². The number of anilines is 1. The molecule has 2 heterocycles. The number of carbonyl (C=O) groups excluding carboxylic acids is 2. The van der Waals surface area contributed by atoms with Gasteiger partial charge in [-0.1, -0.05) is 18.2 Å². The molecule has 238 valence electrons. The number of ether oxygens (including phenoxy) is 2. The number of hydrogen-bond donors (Lipinski definition) is 1. The number of nitriles is 1. The average Bonchev–Trinajstić information content (AvgIpc) is 3.39. The van der Waals surface area contributed by atoms with Gasteiger partial charge in [-0.15, -0.1) is 0 Å². The molecular formula is C34H40N4O6S. The average molecular weight is 633 g/mol. The molecule has 0 radical (unpaired) electrons. The van der Waals surface area contributed by atoms with Crippen molar-refractivity contribution in [2.45, 2.75) is 77.7 Å². The summed E-state index contributed by atoms with van der Waals surface area (Å²) in [5.74, 6) is 0.458. The topological polar surface area (TPSA) is 129 Å². The van der Waals surface area contributed by atoms with E-state index in [2.05, 4.69) is 11.4 Å². The number of hydrogen-bond acceptors (Lipinski definition) is 7. The summed E-state index contributed by atoms with van der Waals surface area (Å²) in [6.45, 7) is 9.59. The quantitative estimate of drug-likeness (QED) is 0.367. The first-order valence-corrected chi connectivity index (χ1v) is 16.9. The van der Waals surface area contributed by atoms with Gasteiger partial charge in [0.15, 0.2) is 0 Å². The Labute approximate surface area is 265 Å². The summed E-state index contributed by atoms with van der Waals surface area (Å²) in [6, 6.07) is 18.0. The van der Waals surface area contributed by atoms with Crippen LogP contribution in [-0.4, -0.2) is 61.9 Å². The fourth-order valence-corrected chi connectivity index (χ4v) is 7.30. The standard InChI is InChI=1S/C34H40N4O6S/c1-6-45(41,42)38-30-12-11-29(19-27(30)20-31(38)25-10-9-24-8-7-23(21-35)17-26(24)18-25)43-28-13-15-37(16-14-28)32(39)22(2)36-33(40)44-34(3,4)5/h7-12,17-19,22,28,31H,6,13-16,20H2,1-5H3,(H,36,40)/t22-,31?/m0/s1. The summed E-state index contributed by atoms with van der Waals surface area (Å²) in [4.78, 5) is 26.7. The molecule has 0 spiro atoms. The van der Waals surface area contributed by atoms with E-state index in [0.29, 0.717) is 49.4 Å². The van der Waals surface area contributed by atoms with Crippen molar-refractivity contribution in [2.75, 3.05) is 23.1 Å². The largest absolute Gasteiger partial charge is 0.490 e. The third kappa shape index (κ3) is 7.17. The Morgan fingerprint density at radius 2 is 1.76 bits per heavy atom. The molecule has 3 aromatic rings. The number of nitrogens with zero attached hydrogens (tertiary/aromatic N) is 3. The maximum atomic E-state index is 13.4. The van der Waals surface area contributed by atoms with Crippen LogP contribution >= 0.6 is 0 Å². The van der Waals surface area contributed by atoms with E-state index in [-0.39, 0.29) is 17.8 Å². The number of carbonyl (C=O) groups is 2. The number of alkyl carbamates (subject to hydrolysis) is 1. The monoisotopic (exact) mass is 632 g/mol. The Bertz CT molecular complexity index is 1750. The van der Waals surface area contributed by atoms with Gasteiger partial charge in [0.05, 0.1) is 29.1 Å². The van der Waals surface area contributed by atoms with E-state index in [0.717, 1.165) is 21.9 Å². The minimum Gasteiger partial charge on any atom is -0.490 e. The van der Waals surface area contributed by atoms with Crippen LogP contribution in [0.25, 0.3) is 10.8 Å². The van der Waals surface area contributed by atoms with Crippen molar-refractivity contribution in [2.24, 2.45) is 0 Å². The molecule has 0 aliphatic carbocycles. The van der Waals surface area contributed by atoms with E-state index in [9.17, 15) is 23.3 Å². The molecule has 0 saturated carbocycles. The minimum absolute atomic E-state index is 0.0312. The van der Waals surface area contributed by atoms with Gasteiger partial charge in [-0.25, -0.2) is 13.2 Å². The van der Waals surface area contributed by atoms with Gasteiger partial charge in [0.2, 0.25) is 15.9 Å². The second kappa shape index (κ2) is 12.6. The predicted octanol–water partition coefficient (Wildman–Crippen LogP) is 5.45. The number of amides is 2. The molecule has 2 amide bonds. The summed E-state index contributed by atoms with van der Waals surface area (Å²) >= 11 is 0. The highest BCUT2D eigenvalue weighted by Crippen LogP contribution is 2.44. The summed E-state index contributed by atoms with van der Waals surface area (Å²) in [5.41, 5.74) is 2.29. The zero-order valence-corrected chi connectivity index (χ0v) is 27.2. The third-order valence-corrected chi connectivity index (χ3v) is 9.97. The molecule has 10 nitrogen and oxygen atoms in total. The van der Waals surface area contributed by atoms with Crippen LogP contribution in [0.1, 0.15) is 70.2 Å². The van der Waals surface area contributed by atoms with Gasteiger partial charge < -0.3 is 19.7 Å². The number of rotatable bonds is 7. The molecule has 3 aromatic carbocycles. The van der Waals surface area contributed by atoms with Gasteiger partial charge in [-0.3, -0.25) is 9.10 Å². The lowest BCUT2D eigenvalue weighted by atomic mass is 9.98. The maximum absolute atomic E-state index is 13.4. The van der Waals surface area contributed by atoms with Crippen LogP contribution in [0.4, 0.5) is 10.5 Å². The Morgan fingerprint density at radius 1 is 1.04 bits per heavy atom. The highest BCUT2D eigenvalue weighted by molar-refractivity contribution is 7.92. The fourth-order valence-electron chi connectivity index (χ4n) is 5.96. The molecule has 1 unspecified atom stereocenters. The lowest BCUT2D eigenvalue weighted by Gasteiger charge is -2.34. The van der Waals surface area contributed by atoms with Crippen LogP contribution in [-0.2, 0) is 26.0 Å². The highest BCUT2D eigenvalue weighted by atomic mass is 32.2. The van der Waals surface area contributed by atoms with E-state index in [4.69, 9.17) is 9.47 Å². The van der Waals surface area contributed by atoms with E-state index < -0.39 is 33.8 Å². The molecule has 1 fully saturated rings. The van der Waals surface area contributed by atoms with Crippen LogP contribution in [0.15, 0.2) is 54.6 Å². The molecule has 0 aromatic heterocycles. The summed E-state index contributed by atoms with van der Waals surface area (Å²) in [7, 11) is -3.58. The van der Waals surface area contributed by atoms with Crippen molar-refractivity contribution in [3.63, 3.8) is 0 Å². The molecule has 2 atom stereocenters. The number of fused-ring (bicyclic) bond motifs is 2. The van der Waals surface area contributed by atoms with Gasteiger partial charge in [-0.05, 0) is 92.9 Å². The fraction of sp³-hybridized carbons (Fsp3) is 0.441. The zero-order chi connectivity index (χ0) is 32.5. The van der Waals surface area contributed by atoms with Crippen molar-refractivity contribution in [3.8, 4) is 11.8 Å². The van der Waals surface area contributed by atoms with Gasteiger partial charge >= 0.3 is 6.09 Å². The predicted molar refractivity (Wildman–Crippen MR) is 173 cm³/mol. The molecule has 2 aliphatic rings. The molecule has 0 bridgehead atoms. The van der Waals surface area contributed by atoms with E-state index in [1.807, 2.05) is 48.5 Å². The van der Waals surface area contributed by atoms with Crippen LogP contribution in [0.2, 0.25) is 0 Å². The second-order valence-electron chi connectivity index (χ2n) is 12.7. The van der Waals surface area contributed by atoms with Crippen molar-refractivity contribution >= 4 is 38.5 Å². The Balaban J connectivity index is 1.27. The number of piperidine rings is 1. The number of benzene rings is 3. The summed E-state index contributed by atoms with van der Waals surface area (Å²) in [5, 5.41) is 13.8. The number of likely N-dealkylation sites (tertiary alicyclic amines) is 1. The van der Waals surface area contributed by atoms with Crippen LogP contribution in [0.5, 0.6) is 5.75 Å². The molecule has 1 N–H and O–H groups in total. The summed E-state index contributed by atoms with van der Waals surface area (Å²) in [6.07, 6.45) is 1.01. The van der Waals surface area contributed by atoms with Gasteiger partial charge in [-0.2, -0.15) is 5.26 Å². The zero-order valence-electron chi connectivity index (χ0n) is 26.4. The van der Waals surface area contributed by atoms with E-state index >= 15 is 0 Å². The summed E-state index contributed by atoms with van der Waals surface area (Å²) < 4.78 is 39.8. The normalized spacial score (nSPS) is 17.8. The first-order valence-electron chi connectivity index (χ1n) is 15.3. The lowest BCUT2D eigenvalue weighted by molar-refractivity contribution is -0.134. The van der Waals surface area contributed by atoms with Crippen molar-refractivity contribution in [3.05, 3.63) is 71.3 Å². The first-order chi connectivity index (χ1) is 21.3. The van der Waals surface area contributed by atoms with E-state index in [1.54, 1.807) is 45.6 Å². The van der Waals surface area contributed by atoms with Gasteiger partial charge in [0.1, 0.15) is 23.5 Å². The SMILES string of the molecule is CCS(=O)(=O)N1c2ccc(OC3CCN(C(=O)[C@H](C)NC(=O)OC(C)(C)C)CC3)cc2CC1c1ccc2ccc(C#N)cc2c1. The second-order valence-corrected chi connectivity index (χ2v) is 14.8. The van der Waals surface area contributed by atoms with E-state index in [1.165, 1.54) is 4.31 Å². The molecule has 5 rings (SSSR count). The van der Waals surface area contributed by atoms with Crippen LogP contribution < -0.4 is 14.4 Å². The Morgan fingerprint density at radius 3 is 2.42 bits per heavy atom. The van der Waals surface area contributed by atoms with Crippen molar-refractivity contribution < 1.29 is 27.5 Å². The van der Waals surface area contributed by atoms with Crippen molar-refractivity contribution in [1.82, 2.24) is 10.2 Å². The number of sulfonamides is 1. The number of nitrogens with one attached hydrogen (secondary N) is 1. The van der Waals surface area contributed by atoms with Gasteiger partial charge in [0, 0.05) is 32.4 Å². The highest BCUT2D eigenvalue weighted by Gasteiger charge is 2.38.